The average Bonchev–Trinajstić information content (AvgIpc) is 2.65. The van der Waals surface area contributed by atoms with E-state index in [9.17, 15) is 14.4 Å². The van der Waals surface area contributed by atoms with Crippen LogP contribution in [0.15, 0.2) is 26.9 Å². The number of allylic oxidation sites excluding steroid dienone is 4. The van der Waals surface area contributed by atoms with Crippen molar-refractivity contribution < 1.29 is 14.0 Å². The molecule has 0 aromatic carbocycles. The monoisotopic (exact) mass is 219 g/mol. The standard InChI is InChI=1S/C11H9NO4/c1-3-5-6(4-2)10-7(9(14)8(5)13)12-11(15)16-10/h3-4H,1-2H3,(H,12,15). The second-order valence-electron chi connectivity index (χ2n) is 3.28. The Bertz CT molecular complexity index is 598. The normalized spacial score (nSPS) is 20.6. The molecular weight excluding hydrogens is 210 g/mol. The summed E-state index contributed by atoms with van der Waals surface area (Å²) in [6.45, 7) is 3.36. The summed E-state index contributed by atoms with van der Waals surface area (Å²) in [5.41, 5.74) is 0.678. The lowest BCUT2D eigenvalue weighted by Crippen LogP contribution is -2.24. The van der Waals surface area contributed by atoms with Crippen LogP contribution in [0.3, 0.4) is 0 Å². The van der Waals surface area contributed by atoms with Gasteiger partial charge in [-0.1, -0.05) is 12.2 Å². The molecule has 0 spiro atoms. The Hall–Kier alpha value is -2.17. The molecule has 0 amide bonds. The van der Waals surface area contributed by atoms with Gasteiger partial charge in [0.15, 0.2) is 5.76 Å². The predicted octanol–water partition coefficient (Wildman–Crippen LogP) is 1.08. The number of ketones is 2. The van der Waals surface area contributed by atoms with Gasteiger partial charge in [-0.05, 0) is 13.8 Å². The molecule has 2 rings (SSSR count). The topological polar surface area (TPSA) is 80.1 Å². The van der Waals surface area contributed by atoms with Crippen molar-refractivity contribution in [3.05, 3.63) is 39.7 Å². The van der Waals surface area contributed by atoms with Crippen molar-refractivity contribution in [1.29, 1.82) is 0 Å². The van der Waals surface area contributed by atoms with Gasteiger partial charge in [0.1, 0.15) is 5.69 Å². The molecule has 1 N–H and O–H groups in total. The minimum Gasteiger partial charge on any atom is -0.407 e. The van der Waals surface area contributed by atoms with E-state index in [1.54, 1.807) is 19.9 Å². The molecule has 5 heteroatoms. The van der Waals surface area contributed by atoms with Crippen molar-refractivity contribution in [3.8, 4) is 0 Å². The summed E-state index contributed by atoms with van der Waals surface area (Å²) in [5, 5.41) is 0. The van der Waals surface area contributed by atoms with Crippen LogP contribution in [0.2, 0.25) is 0 Å². The predicted molar refractivity (Wildman–Crippen MR) is 56.1 cm³/mol. The zero-order chi connectivity index (χ0) is 11.9. The average molecular weight is 219 g/mol. The zero-order valence-corrected chi connectivity index (χ0v) is 8.79. The van der Waals surface area contributed by atoms with Crippen LogP contribution in [-0.2, 0) is 4.79 Å². The van der Waals surface area contributed by atoms with Crippen LogP contribution in [0.4, 0.5) is 0 Å². The second-order valence-corrected chi connectivity index (χ2v) is 3.28. The summed E-state index contributed by atoms with van der Waals surface area (Å²) in [4.78, 5) is 36.5. The van der Waals surface area contributed by atoms with Gasteiger partial charge >= 0.3 is 5.76 Å². The molecule has 1 aromatic rings. The van der Waals surface area contributed by atoms with E-state index in [-0.39, 0.29) is 17.0 Å². The highest BCUT2D eigenvalue weighted by atomic mass is 16.4. The van der Waals surface area contributed by atoms with Crippen LogP contribution >= 0.6 is 0 Å². The number of fused-ring (bicyclic) bond motifs is 1. The molecule has 1 aromatic heterocycles. The lowest BCUT2D eigenvalue weighted by atomic mass is 9.88. The maximum absolute atomic E-state index is 11.7. The highest BCUT2D eigenvalue weighted by Crippen LogP contribution is 2.31. The van der Waals surface area contributed by atoms with Crippen molar-refractivity contribution in [1.82, 2.24) is 4.98 Å². The summed E-state index contributed by atoms with van der Waals surface area (Å²) < 4.78 is 4.87. The van der Waals surface area contributed by atoms with E-state index in [0.29, 0.717) is 5.57 Å². The Kier molecular flexibility index (Phi) is 2.23. The second kappa shape index (κ2) is 3.44. The molecule has 1 aliphatic rings. The Morgan fingerprint density at radius 2 is 1.62 bits per heavy atom. The van der Waals surface area contributed by atoms with Crippen molar-refractivity contribution in [2.75, 3.05) is 0 Å². The third-order valence-corrected chi connectivity index (χ3v) is 2.44. The first-order valence-electron chi connectivity index (χ1n) is 4.75. The number of aromatic amines is 1. The van der Waals surface area contributed by atoms with Crippen LogP contribution in [-0.4, -0.2) is 16.6 Å². The van der Waals surface area contributed by atoms with Crippen molar-refractivity contribution in [2.45, 2.75) is 13.8 Å². The number of Topliss-reactive ketones (excluding diaryl/α,β-unsaturated/α-hetero) is 2. The molecule has 0 radical (unpaired) electrons. The molecular formula is C11H9NO4. The summed E-state index contributed by atoms with van der Waals surface area (Å²) in [6, 6.07) is 0. The fraction of sp³-hybridized carbons (Fsp3) is 0.182. The molecule has 0 fully saturated rings. The highest BCUT2D eigenvalue weighted by Gasteiger charge is 2.35. The number of hydrogen-bond donors (Lipinski definition) is 1. The fourth-order valence-corrected chi connectivity index (χ4v) is 1.73. The van der Waals surface area contributed by atoms with E-state index < -0.39 is 17.3 Å². The third kappa shape index (κ3) is 1.21. The Balaban J connectivity index is 2.82. The van der Waals surface area contributed by atoms with Crippen LogP contribution in [0, 0.1) is 0 Å². The summed E-state index contributed by atoms with van der Waals surface area (Å²) in [5.74, 6) is -1.95. The Morgan fingerprint density at radius 3 is 2.19 bits per heavy atom. The van der Waals surface area contributed by atoms with Crippen LogP contribution in [0.25, 0.3) is 5.57 Å². The van der Waals surface area contributed by atoms with Crippen LogP contribution in [0.1, 0.15) is 30.1 Å². The Morgan fingerprint density at radius 1 is 1.00 bits per heavy atom. The van der Waals surface area contributed by atoms with Gasteiger partial charge in [-0.25, -0.2) is 4.79 Å². The number of nitrogens with one attached hydrogen (secondary N) is 1. The van der Waals surface area contributed by atoms with E-state index >= 15 is 0 Å². The van der Waals surface area contributed by atoms with E-state index in [1.165, 1.54) is 6.08 Å². The first-order valence-corrected chi connectivity index (χ1v) is 4.75. The maximum atomic E-state index is 11.7. The van der Waals surface area contributed by atoms with Crippen molar-refractivity contribution in [3.63, 3.8) is 0 Å². The molecule has 0 atom stereocenters. The molecule has 0 aliphatic heterocycles. The summed E-state index contributed by atoms with van der Waals surface area (Å²) in [6.07, 6.45) is 3.17. The largest absolute Gasteiger partial charge is 0.417 e. The number of oxazole rings is 1. The van der Waals surface area contributed by atoms with Gasteiger partial charge in [0.25, 0.3) is 5.78 Å². The van der Waals surface area contributed by atoms with Gasteiger partial charge in [-0.2, -0.15) is 0 Å². The molecule has 1 heterocycles. The zero-order valence-electron chi connectivity index (χ0n) is 8.79. The molecule has 0 saturated carbocycles. The fourth-order valence-electron chi connectivity index (χ4n) is 1.73. The smallest absolute Gasteiger partial charge is 0.407 e. The molecule has 1 aliphatic carbocycles. The van der Waals surface area contributed by atoms with Crippen LogP contribution < -0.4 is 5.76 Å². The number of carbonyl (C=O) groups is 2. The molecule has 0 unspecified atom stereocenters. The summed E-state index contributed by atoms with van der Waals surface area (Å²) >= 11 is 0. The van der Waals surface area contributed by atoms with E-state index in [4.69, 9.17) is 4.42 Å². The molecule has 0 bridgehead atoms. The van der Waals surface area contributed by atoms with E-state index in [0.717, 1.165) is 0 Å². The Labute approximate surface area is 90.5 Å². The van der Waals surface area contributed by atoms with Gasteiger partial charge in [-0.3, -0.25) is 14.6 Å². The molecule has 5 nitrogen and oxygen atoms in total. The lowest BCUT2D eigenvalue weighted by molar-refractivity contribution is -0.111. The van der Waals surface area contributed by atoms with Gasteiger partial charge < -0.3 is 4.42 Å². The first-order chi connectivity index (χ1) is 7.60. The highest BCUT2D eigenvalue weighted by molar-refractivity contribution is 6.54. The number of aromatic nitrogens is 1. The quantitative estimate of drug-likeness (QED) is 0.523. The number of rotatable bonds is 0. The molecule has 16 heavy (non-hydrogen) atoms. The van der Waals surface area contributed by atoms with Crippen molar-refractivity contribution >= 4 is 17.1 Å². The molecule has 82 valence electrons. The third-order valence-electron chi connectivity index (χ3n) is 2.44. The lowest BCUT2D eigenvalue weighted by Gasteiger charge is -2.13. The van der Waals surface area contributed by atoms with Gasteiger partial charge in [-0.15, -0.1) is 0 Å². The molecule has 0 saturated heterocycles. The SMILES string of the molecule is CC=C1C(=O)C(=O)c2[nH]c(=O)oc2C1=CC. The number of hydrogen-bond acceptors (Lipinski definition) is 4. The number of carbonyl (C=O) groups excluding carboxylic acids is 2. The van der Waals surface area contributed by atoms with Crippen molar-refractivity contribution in [2.24, 2.45) is 0 Å². The first kappa shape index (κ1) is 10.4. The minimum absolute atomic E-state index is 0.0614. The minimum atomic E-state index is -0.737. The summed E-state index contributed by atoms with van der Waals surface area (Å²) in [7, 11) is 0. The van der Waals surface area contributed by atoms with Gasteiger partial charge in [0.2, 0.25) is 5.78 Å². The van der Waals surface area contributed by atoms with Gasteiger partial charge in [0, 0.05) is 11.1 Å². The maximum Gasteiger partial charge on any atom is 0.417 e. The van der Waals surface area contributed by atoms with Crippen LogP contribution in [0.5, 0.6) is 0 Å². The van der Waals surface area contributed by atoms with Gasteiger partial charge in [0.05, 0.1) is 0 Å². The van der Waals surface area contributed by atoms with E-state index in [1.807, 2.05) is 0 Å². The van der Waals surface area contributed by atoms with E-state index in [2.05, 4.69) is 4.98 Å². The number of H-pyrrole nitrogens is 1.